The number of nitrogens with one attached hydrogen (secondary N) is 1. The number of nitrogens with zero attached hydrogens (tertiary/aromatic N) is 2. The SMILES string of the molecule is CN1CCN(c2ccc(-c3csc4ccc(/C=C5\SC(=O)NC5=O)cc34)cc2)CC1. The van der Waals surface area contributed by atoms with Crippen LogP contribution >= 0.6 is 23.1 Å². The van der Waals surface area contributed by atoms with Crippen molar-refractivity contribution in [2.75, 3.05) is 38.1 Å². The number of thiophene rings is 1. The highest BCUT2D eigenvalue weighted by molar-refractivity contribution is 8.18. The van der Waals surface area contributed by atoms with Gasteiger partial charge in [0.15, 0.2) is 0 Å². The molecule has 2 fully saturated rings. The van der Waals surface area contributed by atoms with Crippen LogP contribution in [-0.2, 0) is 4.79 Å². The van der Waals surface area contributed by atoms with Gasteiger partial charge in [-0.25, -0.2) is 0 Å². The van der Waals surface area contributed by atoms with E-state index in [1.54, 1.807) is 17.4 Å². The second-order valence-corrected chi connectivity index (χ2v) is 9.52. The van der Waals surface area contributed by atoms with Crippen molar-refractivity contribution in [3.05, 3.63) is 58.3 Å². The molecule has 2 saturated heterocycles. The van der Waals surface area contributed by atoms with Crippen LogP contribution in [0.25, 0.3) is 27.3 Å². The van der Waals surface area contributed by atoms with Crippen LogP contribution in [0.1, 0.15) is 5.56 Å². The van der Waals surface area contributed by atoms with E-state index < -0.39 is 0 Å². The number of benzene rings is 2. The van der Waals surface area contributed by atoms with Gasteiger partial charge in [0.2, 0.25) is 0 Å². The number of hydrogen-bond acceptors (Lipinski definition) is 6. The molecule has 0 spiro atoms. The smallest absolute Gasteiger partial charge is 0.290 e. The number of hydrogen-bond donors (Lipinski definition) is 1. The molecule has 2 aromatic carbocycles. The van der Waals surface area contributed by atoms with E-state index in [-0.39, 0.29) is 11.1 Å². The van der Waals surface area contributed by atoms with Gasteiger partial charge in [0.05, 0.1) is 4.91 Å². The molecule has 2 aliphatic heterocycles. The molecule has 0 unspecified atom stereocenters. The maximum Gasteiger partial charge on any atom is 0.290 e. The largest absolute Gasteiger partial charge is 0.369 e. The van der Waals surface area contributed by atoms with Crippen molar-refractivity contribution in [1.82, 2.24) is 10.2 Å². The number of piperazine rings is 1. The third-order valence-electron chi connectivity index (χ3n) is 5.58. The summed E-state index contributed by atoms with van der Waals surface area (Å²) >= 11 is 2.67. The van der Waals surface area contributed by atoms with Crippen LogP contribution < -0.4 is 10.2 Å². The molecule has 3 heterocycles. The van der Waals surface area contributed by atoms with E-state index in [2.05, 4.69) is 63.9 Å². The van der Waals surface area contributed by atoms with E-state index in [0.29, 0.717) is 4.91 Å². The van der Waals surface area contributed by atoms with Crippen molar-refractivity contribution >= 4 is 56.1 Å². The maximum atomic E-state index is 11.8. The van der Waals surface area contributed by atoms with Crippen LogP contribution in [-0.4, -0.2) is 49.3 Å². The summed E-state index contributed by atoms with van der Waals surface area (Å²) in [5.74, 6) is -0.324. The Bertz CT molecular complexity index is 1160. The average molecular weight is 436 g/mol. The van der Waals surface area contributed by atoms with Gasteiger partial charge in [-0.2, -0.15) is 0 Å². The topological polar surface area (TPSA) is 52.6 Å². The molecular formula is C23H21N3O2S2. The Morgan fingerprint density at radius 2 is 1.77 bits per heavy atom. The fourth-order valence-electron chi connectivity index (χ4n) is 3.85. The number of carbonyl (C=O) groups is 2. The summed E-state index contributed by atoms with van der Waals surface area (Å²) in [6.45, 7) is 4.31. The van der Waals surface area contributed by atoms with Crippen LogP contribution in [0.3, 0.4) is 0 Å². The molecule has 30 heavy (non-hydrogen) atoms. The first kappa shape index (κ1) is 19.4. The molecule has 152 valence electrons. The van der Waals surface area contributed by atoms with E-state index in [1.165, 1.54) is 21.5 Å². The zero-order valence-electron chi connectivity index (χ0n) is 16.6. The lowest BCUT2D eigenvalue weighted by Crippen LogP contribution is -2.44. The molecule has 2 aliphatic rings. The Hall–Kier alpha value is -2.61. The molecule has 0 radical (unpaired) electrons. The number of carbonyl (C=O) groups excluding carboxylic acids is 2. The number of amides is 2. The highest BCUT2D eigenvalue weighted by atomic mass is 32.2. The van der Waals surface area contributed by atoms with Gasteiger partial charge in [0, 0.05) is 47.5 Å². The van der Waals surface area contributed by atoms with Gasteiger partial charge in [-0.1, -0.05) is 18.2 Å². The summed E-state index contributed by atoms with van der Waals surface area (Å²) in [5, 5.41) is 5.34. The molecule has 2 amide bonds. The molecule has 0 atom stereocenters. The number of likely N-dealkylation sites (N-methyl/N-ethyl adjacent to an activating group) is 1. The van der Waals surface area contributed by atoms with Crippen LogP contribution in [0.5, 0.6) is 0 Å². The van der Waals surface area contributed by atoms with Gasteiger partial charge in [-0.05, 0) is 65.7 Å². The molecule has 1 N–H and O–H groups in total. The fraction of sp³-hybridized carbons (Fsp3) is 0.217. The van der Waals surface area contributed by atoms with Crippen molar-refractivity contribution in [2.24, 2.45) is 0 Å². The minimum absolute atomic E-state index is 0.316. The quantitative estimate of drug-likeness (QED) is 0.607. The first-order valence-corrected chi connectivity index (χ1v) is 11.6. The van der Waals surface area contributed by atoms with E-state index in [0.717, 1.165) is 48.9 Å². The Morgan fingerprint density at radius 3 is 2.47 bits per heavy atom. The van der Waals surface area contributed by atoms with Gasteiger partial charge in [0.25, 0.3) is 11.1 Å². The number of rotatable bonds is 3. The summed E-state index contributed by atoms with van der Waals surface area (Å²) < 4.78 is 1.20. The molecule has 5 nitrogen and oxygen atoms in total. The summed E-state index contributed by atoms with van der Waals surface area (Å²) in [4.78, 5) is 28.5. The van der Waals surface area contributed by atoms with Crippen LogP contribution in [0, 0.1) is 0 Å². The molecule has 0 bridgehead atoms. The zero-order chi connectivity index (χ0) is 20.7. The molecule has 0 saturated carbocycles. The Balaban J connectivity index is 1.44. The van der Waals surface area contributed by atoms with E-state index in [9.17, 15) is 9.59 Å². The molecule has 5 rings (SSSR count). The maximum absolute atomic E-state index is 11.8. The molecular weight excluding hydrogens is 414 g/mol. The van der Waals surface area contributed by atoms with E-state index in [4.69, 9.17) is 0 Å². The van der Waals surface area contributed by atoms with Crippen molar-refractivity contribution in [1.29, 1.82) is 0 Å². The second kappa shape index (κ2) is 7.91. The predicted molar refractivity (Wildman–Crippen MR) is 126 cm³/mol. The lowest BCUT2D eigenvalue weighted by Gasteiger charge is -2.34. The Kier molecular flexibility index (Phi) is 5.10. The van der Waals surface area contributed by atoms with Crippen molar-refractivity contribution in [3.63, 3.8) is 0 Å². The lowest BCUT2D eigenvalue weighted by molar-refractivity contribution is -0.115. The van der Waals surface area contributed by atoms with E-state index in [1.807, 2.05) is 6.07 Å². The highest BCUT2D eigenvalue weighted by Crippen LogP contribution is 2.36. The molecule has 0 aliphatic carbocycles. The van der Waals surface area contributed by atoms with Gasteiger partial charge in [0.1, 0.15) is 0 Å². The molecule has 1 aromatic heterocycles. The number of anilines is 1. The van der Waals surface area contributed by atoms with Gasteiger partial charge in [-0.15, -0.1) is 11.3 Å². The summed E-state index contributed by atoms with van der Waals surface area (Å²) in [5.41, 5.74) is 4.57. The number of thioether (sulfide) groups is 1. The summed E-state index contributed by atoms with van der Waals surface area (Å²) in [7, 11) is 2.17. The first-order chi connectivity index (χ1) is 14.6. The fourth-order valence-corrected chi connectivity index (χ4v) is 5.48. The van der Waals surface area contributed by atoms with Gasteiger partial charge < -0.3 is 9.80 Å². The number of fused-ring (bicyclic) bond motifs is 1. The third kappa shape index (κ3) is 3.76. The van der Waals surface area contributed by atoms with Crippen LogP contribution in [0.2, 0.25) is 0 Å². The van der Waals surface area contributed by atoms with Gasteiger partial charge in [-0.3, -0.25) is 14.9 Å². The summed E-state index contributed by atoms with van der Waals surface area (Å²) in [6.07, 6.45) is 1.78. The third-order valence-corrected chi connectivity index (χ3v) is 7.36. The van der Waals surface area contributed by atoms with Gasteiger partial charge >= 0.3 is 0 Å². The predicted octanol–water partition coefficient (Wildman–Crippen LogP) is 4.64. The van der Waals surface area contributed by atoms with Crippen LogP contribution in [0.4, 0.5) is 10.5 Å². The number of imide groups is 1. The minimum atomic E-state index is -0.324. The molecule has 3 aromatic rings. The highest BCUT2D eigenvalue weighted by Gasteiger charge is 2.25. The lowest BCUT2D eigenvalue weighted by atomic mass is 10.0. The zero-order valence-corrected chi connectivity index (χ0v) is 18.2. The van der Waals surface area contributed by atoms with Crippen molar-refractivity contribution in [2.45, 2.75) is 0 Å². The monoisotopic (exact) mass is 435 g/mol. The van der Waals surface area contributed by atoms with Crippen molar-refractivity contribution in [3.8, 4) is 11.1 Å². The summed E-state index contributed by atoms with van der Waals surface area (Å²) in [6, 6.07) is 15.0. The normalized spacial score (nSPS) is 19.1. The van der Waals surface area contributed by atoms with Crippen LogP contribution in [0.15, 0.2) is 52.7 Å². The Labute approximate surface area is 183 Å². The minimum Gasteiger partial charge on any atom is -0.369 e. The van der Waals surface area contributed by atoms with E-state index >= 15 is 0 Å². The first-order valence-electron chi connectivity index (χ1n) is 9.87. The van der Waals surface area contributed by atoms with Crippen molar-refractivity contribution < 1.29 is 9.59 Å². The standard InChI is InChI=1S/C23H21N3O2S2/c1-25-8-10-26(11-9-25)17-5-3-16(4-6-17)19-14-29-20-7-2-15(12-18(19)20)13-21-22(27)24-23(28)30-21/h2-7,12-14H,8-11H2,1H3,(H,24,27,28)/b21-13-. The average Bonchev–Trinajstić information content (AvgIpc) is 3.31. The Morgan fingerprint density at radius 1 is 1.00 bits per heavy atom. The second-order valence-electron chi connectivity index (χ2n) is 7.59. The molecule has 7 heteroatoms.